The van der Waals surface area contributed by atoms with Crippen LogP contribution in [0.15, 0.2) is 48.2 Å². The molecule has 0 unspecified atom stereocenters. The number of nitrogens with zero attached hydrogens (tertiary/aromatic N) is 5. The number of fused-ring (bicyclic) bond motifs is 1. The van der Waals surface area contributed by atoms with E-state index >= 15 is 0 Å². The van der Waals surface area contributed by atoms with Gasteiger partial charge in [-0.15, -0.1) is 16.4 Å². The van der Waals surface area contributed by atoms with Gasteiger partial charge in [-0.25, -0.2) is 9.50 Å². The highest BCUT2D eigenvalue weighted by Gasteiger charge is 2.14. The number of hydrogen-bond acceptors (Lipinski definition) is 6. The maximum absolute atomic E-state index is 12.1. The van der Waals surface area contributed by atoms with Gasteiger partial charge in [0.1, 0.15) is 5.69 Å². The number of amides is 1. The van der Waals surface area contributed by atoms with E-state index in [1.807, 2.05) is 29.6 Å². The molecule has 0 atom stereocenters. The van der Waals surface area contributed by atoms with Crippen molar-refractivity contribution in [3.63, 3.8) is 0 Å². The van der Waals surface area contributed by atoms with Crippen molar-refractivity contribution >= 4 is 39.8 Å². The number of anilines is 1. The predicted molar refractivity (Wildman–Crippen MR) is 91.3 cm³/mol. The summed E-state index contributed by atoms with van der Waals surface area (Å²) in [5, 5.41) is 9.58. The second kappa shape index (κ2) is 5.99. The number of carbonyl (C=O) groups is 1. The molecular weight excluding hydrogens is 348 g/mol. The van der Waals surface area contributed by atoms with Crippen molar-refractivity contribution in [1.29, 1.82) is 0 Å². The van der Waals surface area contributed by atoms with Crippen molar-refractivity contribution in [2.24, 2.45) is 0 Å². The van der Waals surface area contributed by atoms with Crippen molar-refractivity contribution in [2.75, 3.05) is 5.32 Å². The summed E-state index contributed by atoms with van der Waals surface area (Å²) in [5.74, 6) is -0.192. The average molecular weight is 357 g/mol. The maximum atomic E-state index is 12.1. The topological polar surface area (TPSA) is 85.1 Å². The van der Waals surface area contributed by atoms with E-state index in [1.165, 1.54) is 29.9 Å². The lowest BCUT2D eigenvalue weighted by Gasteiger charge is -2.00. The van der Waals surface area contributed by atoms with E-state index in [0.717, 1.165) is 11.3 Å². The number of benzene rings is 1. The highest BCUT2D eigenvalue weighted by molar-refractivity contribution is 7.15. The molecule has 0 bridgehead atoms. The lowest BCUT2D eigenvalue weighted by atomic mass is 10.2. The normalized spacial score (nSPS) is 10.9. The van der Waals surface area contributed by atoms with Gasteiger partial charge in [-0.2, -0.15) is 4.98 Å². The van der Waals surface area contributed by atoms with Crippen LogP contribution < -0.4 is 5.32 Å². The van der Waals surface area contributed by atoms with Gasteiger partial charge in [0.15, 0.2) is 0 Å². The van der Waals surface area contributed by atoms with Crippen LogP contribution in [0.25, 0.3) is 16.2 Å². The fourth-order valence-electron chi connectivity index (χ4n) is 2.14. The van der Waals surface area contributed by atoms with Crippen LogP contribution in [0.4, 0.5) is 5.95 Å². The van der Waals surface area contributed by atoms with Gasteiger partial charge in [0.2, 0.25) is 4.96 Å². The van der Waals surface area contributed by atoms with Crippen LogP contribution in [0.5, 0.6) is 0 Å². The summed E-state index contributed by atoms with van der Waals surface area (Å²) in [6.45, 7) is 0. The number of carbonyl (C=O) groups excluding carboxylic acids is 1. The van der Waals surface area contributed by atoms with E-state index in [1.54, 1.807) is 4.52 Å². The van der Waals surface area contributed by atoms with E-state index in [-0.39, 0.29) is 11.6 Å². The minimum Gasteiger partial charge on any atom is -0.288 e. The van der Waals surface area contributed by atoms with Crippen molar-refractivity contribution in [2.45, 2.75) is 0 Å². The van der Waals surface area contributed by atoms with E-state index in [9.17, 15) is 4.79 Å². The Morgan fingerprint density at radius 3 is 2.79 bits per heavy atom. The van der Waals surface area contributed by atoms with Crippen molar-refractivity contribution in [3.8, 4) is 11.3 Å². The molecule has 24 heavy (non-hydrogen) atoms. The lowest BCUT2D eigenvalue weighted by molar-refractivity contribution is 0.102. The van der Waals surface area contributed by atoms with Crippen molar-refractivity contribution in [3.05, 3.63) is 59.0 Å². The smallest absolute Gasteiger partial charge is 0.278 e. The van der Waals surface area contributed by atoms with E-state index in [4.69, 9.17) is 11.6 Å². The maximum Gasteiger partial charge on any atom is 0.278 e. The van der Waals surface area contributed by atoms with Crippen LogP contribution in [0.2, 0.25) is 5.02 Å². The highest BCUT2D eigenvalue weighted by Crippen LogP contribution is 2.26. The van der Waals surface area contributed by atoms with Gasteiger partial charge in [0.05, 0.1) is 11.9 Å². The third-order valence-electron chi connectivity index (χ3n) is 3.24. The molecule has 0 saturated carbocycles. The molecule has 4 aromatic rings. The zero-order valence-electron chi connectivity index (χ0n) is 12.0. The van der Waals surface area contributed by atoms with E-state index < -0.39 is 5.91 Å². The van der Waals surface area contributed by atoms with Crippen LogP contribution >= 0.6 is 22.9 Å². The molecule has 0 spiro atoms. The Labute approximate surface area is 145 Å². The monoisotopic (exact) mass is 356 g/mol. The van der Waals surface area contributed by atoms with Crippen molar-refractivity contribution < 1.29 is 4.79 Å². The fraction of sp³-hybridized carbons (Fsp3) is 0. The van der Waals surface area contributed by atoms with E-state index in [0.29, 0.717) is 9.98 Å². The minimum absolute atomic E-state index is 0.202. The molecule has 0 aliphatic rings. The molecule has 3 aromatic heterocycles. The van der Waals surface area contributed by atoms with Crippen molar-refractivity contribution in [1.82, 2.24) is 24.6 Å². The molecule has 1 N–H and O–H groups in total. The summed E-state index contributed by atoms with van der Waals surface area (Å²) in [4.78, 5) is 24.9. The second-order valence-electron chi connectivity index (χ2n) is 4.80. The quantitative estimate of drug-likeness (QED) is 0.609. The molecule has 0 aliphatic carbocycles. The average Bonchev–Trinajstić information content (AvgIpc) is 3.16. The first-order chi connectivity index (χ1) is 11.7. The van der Waals surface area contributed by atoms with Crippen LogP contribution in [-0.2, 0) is 0 Å². The third kappa shape index (κ3) is 2.72. The van der Waals surface area contributed by atoms with Crippen LogP contribution in [0.3, 0.4) is 0 Å². The zero-order chi connectivity index (χ0) is 16.5. The molecule has 4 rings (SSSR count). The van der Waals surface area contributed by atoms with Crippen LogP contribution in [-0.4, -0.2) is 30.5 Å². The minimum atomic E-state index is -0.408. The lowest BCUT2D eigenvalue weighted by Crippen LogP contribution is -2.14. The Bertz CT molecular complexity index is 1010. The van der Waals surface area contributed by atoms with Gasteiger partial charge in [0.25, 0.3) is 11.9 Å². The Hall–Kier alpha value is -2.84. The highest BCUT2D eigenvalue weighted by atomic mass is 35.5. The summed E-state index contributed by atoms with van der Waals surface area (Å²) in [5.41, 5.74) is 2.04. The predicted octanol–water partition coefficient (Wildman–Crippen LogP) is 3.15. The first-order valence-electron chi connectivity index (χ1n) is 6.88. The molecule has 0 aliphatic heterocycles. The number of thiazole rings is 1. The third-order valence-corrected chi connectivity index (χ3v) is 4.31. The zero-order valence-corrected chi connectivity index (χ0v) is 13.6. The number of halogens is 1. The van der Waals surface area contributed by atoms with Gasteiger partial charge in [-0.05, 0) is 12.1 Å². The SMILES string of the molecule is O=C(Nc1nc2scc(-c3ccc(Cl)cc3)n2n1)c1cnccn1. The molecule has 0 saturated heterocycles. The Kier molecular flexibility index (Phi) is 3.68. The Morgan fingerprint density at radius 2 is 2.04 bits per heavy atom. The van der Waals surface area contributed by atoms with Gasteiger partial charge in [0, 0.05) is 28.4 Å². The summed E-state index contributed by atoms with van der Waals surface area (Å²) in [7, 11) is 0. The molecular formula is C15H9ClN6OS. The second-order valence-corrected chi connectivity index (χ2v) is 6.08. The van der Waals surface area contributed by atoms with Gasteiger partial charge in [-0.3, -0.25) is 15.1 Å². The van der Waals surface area contributed by atoms with Gasteiger partial charge < -0.3 is 0 Å². The molecule has 118 valence electrons. The number of rotatable bonds is 3. The first-order valence-corrected chi connectivity index (χ1v) is 8.14. The van der Waals surface area contributed by atoms with Crippen LogP contribution in [0.1, 0.15) is 10.5 Å². The van der Waals surface area contributed by atoms with E-state index in [2.05, 4.69) is 25.4 Å². The molecule has 3 heterocycles. The van der Waals surface area contributed by atoms with Gasteiger partial charge in [-0.1, -0.05) is 23.7 Å². The summed E-state index contributed by atoms with van der Waals surface area (Å²) in [6, 6.07) is 7.44. The molecule has 0 fully saturated rings. The molecule has 1 amide bonds. The molecule has 7 nitrogen and oxygen atoms in total. The standard InChI is InChI=1S/C15H9ClN6OS/c16-10-3-1-9(2-4-10)12-8-24-15-20-14(21-22(12)15)19-13(23)11-7-17-5-6-18-11/h1-8H,(H,19,21,23). The number of hydrogen-bond donors (Lipinski definition) is 1. The summed E-state index contributed by atoms with van der Waals surface area (Å²) in [6.07, 6.45) is 4.33. The molecule has 9 heteroatoms. The molecule has 0 radical (unpaired) electrons. The summed E-state index contributed by atoms with van der Waals surface area (Å²) >= 11 is 7.35. The first kappa shape index (κ1) is 14.7. The largest absolute Gasteiger partial charge is 0.288 e. The van der Waals surface area contributed by atoms with Gasteiger partial charge >= 0.3 is 0 Å². The number of aromatic nitrogens is 5. The number of nitrogens with one attached hydrogen (secondary N) is 1. The Morgan fingerprint density at radius 1 is 1.21 bits per heavy atom. The van der Waals surface area contributed by atoms with Crippen LogP contribution in [0, 0.1) is 0 Å². The molecule has 1 aromatic carbocycles. The fourth-order valence-corrected chi connectivity index (χ4v) is 3.09. The Balaban J connectivity index is 1.65. The summed E-state index contributed by atoms with van der Waals surface area (Å²) < 4.78 is 1.68.